The van der Waals surface area contributed by atoms with Crippen LogP contribution in [0.4, 0.5) is 11.4 Å². The van der Waals surface area contributed by atoms with Crippen molar-refractivity contribution in [3.63, 3.8) is 0 Å². The Morgan fingerprint density at radius 2 is 1.44 bits per heavy atom. The number of fused-ring (bicyclic) bond motifs is 4. The summed E-state index contributed by atoms with van der Waals surface area (Å²) in [4.78, 5) is 51.8. The normalized spacial score (nSPS) is 17.3. The maximum absolute atomic E-state index is 12.1. The van der Waals surface area contributed by atoms with Crippen molar-refractivity contribution in [1.82, 2.24) is 9.48 Å². The molecule has 64 heavy (non-hydrogen) atoms. The molecule has 0 radical (unpaired) electrons. The monoisotopic (exact) mass is 877 g/mol. The fourth-order valence-corrected chi connectivity index (χ4v) is 10.5. The number of ether oxygens (including phenoxy) is 3. The molecule has 5 heterocycles. The summed E-state index contributed by atoms with van der Waals surface area (Å²) in [7, 11) is 0. The van der Waals surface area contributed by atoms with Gasteiger partial charge < -0.3 is 44.4 Å². The average molecular weight is 878 g/mol. The van der Waals surface area contributed by atoms with Gasteiger partial charge in [0.2, 0.25) is 5.36 Å². The van der Waals surface area contributed by atoms with Gasteiger partial charge in [0.05, 0.1) is 48.8 Å². The van der Waals surface area contributed by atoms with Crippen LogP contribution in [0, 0.1) is 0 Å². The van der Waals surface area contributed by atoms with E-state index in [0.717, 1.165) is 83.3 Å². The zero-order valence-electron chi connectivity index (χ0n) is 37.4. The van der Waals surface area contributed by atoms with Gasteiger partial charge in [0, 0.05) is 66.4 Å². The molecule has 0 saturated carbocycles. The Balaban J connectivity index is 1.30. The second-order valence-electron chi connectivity index (χ2n) is 18.5. The van der Waals surface area contributed by atoms with Crippen LogP contribution in [0.1, 0.15) is 87.8 Å². The van der Waals surface area contributed by atoms with E-state index in [1.54, 1.807) is 6.07 Å². The van der Waals surface area contributed by atoms with E-state index in [-0.39, 0.29) is 48.9 Å². The van der Waals surface area contributed by atoms with Gasteiger partial charge in [-0.05, 0) is 94.0 Å². The summed E-state index contributed by atoms with van der Waals surface area (Å²) in [5.41, 5.74) is 10.7. The van der Waals surface area contributed by atoms with E-state index in [0.29, 0.717) is 0 Å². The standard InChI is InChI=1S/C49H56N4O11/c1-28-22-48(3,4)52-13-7-9-31-44(52)33(28)20-35-43(36-21-34-29(2)23-49(5,6)53-14-8-10-32(45(34)53)47(36)64-46(31)35)30-11-12-37(51(26-41(58)59)27-42(60)61)38(19-30)63-18-17-62-16-15-50(24-39(54)55)25-40(56)57/h11-12,19-23H,7-10,13-18,24-27H2,1-6H3,(H3-,54,55,56,57,58,59,60,61)/p+1. The minimum atomic E-state index is -1.22. The average Bonchev–Trinajstić information content (AvgIpc) is 3.20. The molecule has 338 valence electrons. The third-order valence-electron chi connectivity index (χ3n) is 13.0. The Morgan fingerprint density at radius 3 is 2.12 bits per heavy atom. The molecule has 3 aromatic rings. The van der Waals surface area contributed by atoms with E-state index in [1.807, 2.05) is 12.1 Å². The van der Waals surface area contributed by atoms with Crippen LogP contribution in [-0.2, 0) is 36.8 Å². The summed E-state index contributed by atoms with van der Waals surface area (Å²) in [5, 5.41) is 40.4. The van der Waals surface area contributed by atoms with Crippen LogP contribution in [0.15, 0.2) is 42.5 Å². The zero-order chi connectivity index (χ0) is 45.8. The predicted octanol–water partition coefficient (Wildman–Crippen LogP) is 4.46. The number of benzene rings is 3. The number of anilines is 2. The topological polar surface area (TPSA) is 190 Å². The summed E-state index contributed by atoms with van der Waals surface area (Å²) >= 11 is 0. The van der Waals surface area contributed by atoms with Crippen molar-refractivity contribution < 1.29 is 53.8 Å². The maximum Gasteiger partial charge on any atom is 0.323 e. The van der Waals surface area contributed by atoms with Gasteiger partial charge in [-0.15, -0.1) is 0 Å². The molecule has 4 N–H and O–H groups in total. The molecule has 0 spiro atoms. The molecule has 0 fully saturated rings. The quantitative estimate of drug-likeness (QED) is 0.0860. The number of nitrogens with zero attached hydrogens (tertiary/aromatic N) is 4. The lowest BCUT2D eigenvalue weighted by Crippen LogP contribution is -2.53. The smallest absolute Gasteiger partial charge is 0.323 e. The summed E-state index contributed by atoms with van der Waals surface area (Å²) in [5.74, 6) is -2.86. The van der Waals surface area contributed by atoms with E-state index in [4.69, 9.17) is 14.2 Å². The SMILES string of the molecule is CC1=CC(C)(C)N2CCCc3c4c(cc1c32)C(c1ccc(N(CC(=O)O)CC(=O)O)c(OCCOCCN(CC(=O)O)CC(=O)O)c1)=c1cc2c3c(c1O4)CCC[N+]=3C(C)(C)C=C2C. The lowest BCUT2D eigenvalue weighted by Gasteiger charge is -2.47. The Bertz CT molecular complexity index is 2650. The van der Waals surface area contributed by atoms with E-state index in [9.17, 15) is 39.6 Å². The number of aliphatic carboxylic acids is 4. The number of hydrogen-bond acceptors (Lipinski definition) is 10. The van der Waals surface area contributed by atoms with Gasteiger partial charge in [0.25, 0.3) is 0 Å². The number of allylic oxidation sites excluding steroid dienone is 2. The van der Waals surface area contributed by atoms with Gasteiger partial charge >= 0.3 is 23.9 Å². The molecule has 0 saturated heterocycles. The van der Waals surface area contributed by atoms with Gasteiger partial charge in [0.1, 0.15) is 43.5 Å². The fourth-order valence-electron chi connectivity index (χ4n) is 10.5. The molecular formula is C49H57N4O11+. The molecule has 15 heteroatoms. The van der Waals surface area contributed by atoms with E-state index in [2.05, 4.69) is 75.3 Å². The minimum absolute atomic E-state index is 0.0213. The molecule has 5 aliphatic heterocycles. The molecule has 8 rings (SSSR count). The molecule has 15 nitrogen and oxygen atoms in total. The Kier molecular flexibility index (Phi) is 11.8. The largest absolute Gasteiger partial charge is 0.489 e. The van der Waals surface area contributed by atoms with E-state index < -0.39 is 50.1 Å². The first-order valence-electron chi connectivity index (χ1n) is 21.9. The predicted molar refractivity (Wildman–Crippen MR) is 241 cm³/mol. The second kappa shape index (κ2) is 17.1. The lowest BCUT2D eigenvalue weighted by atomic mass is 9.79. The van der Waals surface area contributed by atoms with Gasteiger partial charge in [-0.3, -0.25) is 24.1 Å². The van der Waals surface area contributed by atoms with Gasteiger partial charge in [-0.25, -0.2) is 4.58 Å². The molecule has 5 aliphatic rings. The zero-order valence-corrected chi connectivity index (χ0v) is 37.4. The van der Waals surface area contributed by atoms with Crippen LogP contribution < -0.4 is 34.4 Å². The van der Waals surface area contributed by atoms with Crippen LogP contribution in [-0.4, -0.2) is 126 Å². The van der Waals surface area contributed by atoms with Crippen molar-refractivity contribution in [2.24, 2.45) is 0 Å². The van der Waals surface area contributed by atoms with Crippen molar-refractivity contribution >= 4 is 52.0 Å². The Labute approximate surface area is 371 Å². The highest BCUT2D eigenvalue weighted by molar-refractivity contribution is 5.95. The highest BCUT2D eigenvalue weighted by atomic mass is 16.5. The summed E-state index contributed by atoms with van der Waals surface area (Å²) in [6, 6.07) is 9.94. The van der Waals surface area contributed by atoms with Crippen molar-refractivity contribution in [3.8, 4) is 17.2 Å². The van der Waals surface area contributed by atoms with Crippen molar-refractivity contribution in [2.45, 2.75) is 78.3 Å². The number of carbonyl (C=O) groups is 4. The van der Waals surface area contributed by atoms with Gasteiger partial charge in [0.15, 0.2) is 5.54 Å². The Morgan fingerprint density at radius 1 is 0.766 bits per heavy atom. The molecule has 0 aromatic heterocycles. The number of carboxylic acids is 4. The first-order chi connectivity index (χ1) is 30.3. The molecule has 0 amide bonds. The van der Waals surface area contributed by atoms with E-state index >= 15 is 0 Å². The summed E-state index contributed by atoms with van der Waals surface area (Å²) in [6.45, 7) is 13.1. The van der Waals surface area contributed by atoms with Crippen LogP contribution in [0.3, 0.4) is 0 Å². The van der Waals surface area contributed by atoms with Gasteiger partial charge in [-0.2, -0.15) is 0 Å². The molecular weight excluding hydrogens is 821 g/mol. The molecule has 0 aliphatic carbocycles. The van der Waals surface area contributed by atoms with Crippen LogP contribution >= 0.6 is 0 Å². The number of carboxylic acid groups (broad SMARTS) is 4. The van der Waals surface area contributed by atoms with Crippen LogP contribution in [0.25, 0.3) is 16.7 Å². The molecule has 0 atom stereocenters. The third kappa shape index (κ3) is 8.34. The third-order valence-corrected chi connectivity index (χ3v) is 13.0. The van der Waals surface area contributed by atoms with Crippen LogP contribution in [0.5, 0.6) is 17.2 Å². The number of rotatable bonds is 17. The second-order valence-corrected chi connectivity index (χ2v) is 18.5. The minimum Gasteiger partial charge on any atom is -0.489 e. The van der Waals surface area contributed by atoms with Crippen molar-refractivity contribution in [3.05, 3.63) is 86.4 Å². The van der Waals surface area contributed by atoms with Crippen molar-refractivity contribution in [2.75, 3.05) is 75.4 Å². The van der Waals surface area contributed by atoms with Gasteiger partial charge in [-0.1, -0.05) is 12.1 Å². The summed E-state index contributed by atoms with van der Waals surface area (Å²) < 4.78 is 22.0. The first-order valence-corrected chi connectivity index (χ1v) is 21.9. The number of hydrogen-bond donors (Lipinski definition) is 4. The van der Waals surface area contributed by atoms with Crippen LogP contribution in [0.2, 0.25) is 0 Å². The maximum atomic E-state index is 12.1. The molecule has 0 bridgehead atoms. The highest BCUT2D eigenvalue weighted by Gasteiger charge is 2.42. The van der Waals surface area contributed by atoms with E-state index in [1.165, 1.54) is 43.1 Å². The first kappa shape index (κ1) is 44.4. The molecule has 0 unspecified atom stereocenters. The Hall–Kier alpha value is -6.19. The fraction of sp³-hybridized carbons (Fsp3) is 0.449. The van der Waals surface area contributed by atoms with Crippen molar-refractivity contribution in [1.29, 1.82) is 0 Å². The molecule has 3 aromatic carbocycles. The summed E-state index contributed by atoms with van der Waals surface area (Å²) in [6.07, 6.45) is 8.26. The highest BCUT2D eigenvalue weighted by Crippen LogP contribution is 2.52. The lowest BCUT2D eigenvalue weighted by molar-refractivity contribution is -0.142.